The number of aryl methyl sites for hydroxylation is 1. The largest absolute Gasteiger partial charge is 0.493 e. The van der Waals surface area contributed by atoms with Gasteiger partial charge in [-0.15, -0.1) is 0 Å². The molecule has 0 unspecified atom stereocenters. The molecular formula is C23H26N2O4. The summed E-state index contributed by atoms with van der Waals surface area (Å²) in [6.45, 7) is 5.16. The summed E-state index contributed by atoms with van der Waals surface area (Å²) in [7, 11) is 1.58. The maximum Gasteiger partial charge on any atom is 0.248 e. The number of carbonyl (C=O) groups excluding carboxylic acids is 2. The number of nitrogens with zero attached hydrogens (tertiary/aromatic N) is 1. The van der Waals surface area contributed by atoms with E-state index in [2.05, 4.69) is 5.32 Å². The quantitative estimate of drug-likeness (QED) is 0.716. The molecule has 1 saturated heterocycles. The van der Waals surface area contributed by atoms with E-state index in [0.29, 0.717) is 30.2 Å². The van der Waals surface area contributed by atoms with Crippen LogP contribution < -0.4 is 19.7 Å². The molecule has 2 aromatic rings. The molecule has 0 aliphatic carbocycles. The van der Waals surface area contributed by atoms with Crippen molar-refractivity contribution in [1.82, 2.24) is 0 Å². The Balaban J connectivity index is 1.66. The normalized spacial score (nSPS) is 13.8. The average molecular weight is 394 g/mol. The van der Waals surface area contributed by atoms with Crippen LogP contribution in [0.3, 0.4) is 0 Å². The third-order valence-corrected chi connectivity index (χ3v) is 4.74. The van der Waals surface area contributed by atoms with E-state index in [0.717, 1.165) is 29.8 Å². The zero-order chi connectivity index (χ0) is 20.8. The second-order valence-corrected chi connectivity index (χ2v) is 6.82. The Morgan fingerprint density at radius 2 is 2.03 bits per heavy atom. The number of hydrogen-bond donors (Lipinski definition) is 1. The van der Waals surface area contributed by atoms with E-state index in [-0.39, 0.29) is 11.8 Å². The first-order valence-electron chi connectivity index (χ1n) is 9.72. The van der Waals surface area contributed by atoms with E-state index < -0.39 is 0 Å². The molecule has 1 aliphatic rings. The first kappa shape index (κ1) is 20.5. The van der Waals surface area contributed by atoms with Gasteiger partial charge in [-0.05, 0) is 67.8 Å². The molecule has 152 valence electrons. The van der Waals surface area contributed by atoms with Gasteiger partial charge in [-0.2, -0.15) is 0 Å². The van der Waals surface area contributed by atoms with Crippen molar-refractivity contribution < 1.29 is 19.1 Å². The van der Waals surface area contributed by atoms with Crippen LogP contribution in [-0.2, 0) is 9.59 Å². The number of ether oxygens (including phenoxy) is 2. The molecule has 29 heavy (non-hydrogen) atoms. The lowest BCUT2D eigenvalue weighted by atomic mass is 10.1. The Morgan fingerprint density at radius 3 is 2.69 bits per heavy atom. The highest BCUT2D eigenvalue weighted by Crippen LogP contribution is 2.29. The minimum atomic E-state index is -0.234. The molecule has 6 heteroatoms. The van der Waals surface area contributed by atoms with Gasteiger partial charge in [-0.3, -0.25) is 9.59 Å². The number of benzene rings is 2. The number of methoxy groups -OCH3 is 1. The van der Waals surface area contributed by atoms with Crippen molar-refractivity contribution in [3.05, 3.63) is 53.6 Å². The topological polar surface area (TPSA) is 67.9 Å². The van der Waals surface area contributed by atoms with Crippen LogP contribution >= 0.6 is 0 Å². The molecule has 1 fully saturated rings. The molecule has 0 aromatic heterocycles. The molecule has 0 spiro atoms. The fourth-order valence-corrected chi connectivity index (χ4v) is 3.36. The maximum absolute atomic E-state index is 12.3. The molecule has 2 aromatic carbocycles. The molecular weight excluding hydrogens is 368 g/mol. The Morgan fingerprint density at radius 1 is 1.21 bits per heavy atom. The van der Waals surface area contributed by atoms with Crippen LogP contribution in [0.5, 0.6) is 11.5 Å². The zero-order valence-electron chi connectivity index (χ0n) is 17.0. The van der Waals surface area contributed by atoms with E-state index in [1.807, 2.05) is 50.2 Å². The van der Waals surface area contributed by atoms with E-state index in [4.69, 9.17) is 9.47 Å². The van der Waals surface area contributed by atoms with Crippen molar-refractivity contribution in [1.29, 1.82) is 0 Å². The number of amides is 2. The van der Waals surface area contributed by atoms with Gasteiger partial charge < -0.3 is 19.7 Å². The van der Waals surface area contributed by atoms with Crippen LogP contribution in [0.1, 0.15) is 30.9 Å². The number of nitrogens with one attached hydrogen (secondary N) is 1. The van der Waals surface area contributed by atoms with Gasteiger partial charge in [0.2, 0.25) is 11.8 Å². The monoisotopic (exact) mass is 394 g/mol. The fourth-order valence-electron chi connectivity index (χ4n) is 3.36. The van der Waals surface area contributed by atoms with Gasteiger partial charge in [0.15, 0.2) is 11.5 Å². The lowest BCUT2D eigenvalue weighted by molar-refractivity contribution is -0.117. The number of anilines is 2. The molecule has 0 saturated carbocycles. The Bertz CT molecular complexity index is 936. The van der Waals surface area contributed by atoms with Crippen molar-refractivity contribution in [2.45, 2.75) is 26.7 Å². The zero-order valence-corrected chi connectivity index (χ0v) is 17.0. The van der Waals surface area contributed by atoms with Crippen molar-refractivity contribution in [3.8, 4) is 11.5 Å². The Hall–Kier alpha value is -3.28. The van der Waals surface area contributed by atoms with Gasteiger partial charge in [0.05, 0.1) is 13.7 Å². The fraction of sp³-hybridized carbons (Fsp3) is 0.304. The summed E-state index contributed by atoms with van der Waals surface area (Å²) in [5, 5.41) is 2.86. The van der Waals surface area contributed by atoms with Crippen molar-refractivity contribution in [2.24, 2.45) is 0 Å². The molecule has 1 aliphatic heterocycles. The first-order valence-corrected chi connectivity index (χ1v) is 9.72. The van der Waals surface area contributed by atoms with Gasteiger partial charge >= 0.3 is 0 Å². The van der Waals surface area contributed by atoms with Gasteiger partial charge in [0.1, 0.15) is 0 Å². The van der Waals surface area contributed by atoms with Gasteiger partial charge in [0, 0.05) is 30.4 Å². The SMILES string of the molecule is CCOc1ccc(C=CC(=O)Nc2ccc(N3CCCC3=O)c(C)c2)cc1OC. The standard InChI is InChI=1S/C23H26N2O4/c1-4-29-20-11-7-17(15-21(20)28-3)8-12-22(26)24-18-9-10-19(16(2)14-18)25-13-5-6-23(25)27/h7-12,14-15H,4-6,13H2,1-3H3,(H,24,26). The minimum Gasteiger partial charge on any atom is -0.493 e. The summed E-state index contributed by atoms with van der Waals surface area (Å²) >= 11 is 0. The number of rotatable bonds is 7. The molecule has 3 rings (SSSR count). The molecule has 2 amide bonds. The van der Waals surface area contributed by atoms with Gasteiger partial charge in [0.25, 0.3) is 0 Å². The second-order valence-electron chi connectivity index (χ2n) is 6.82. The van der Waals surface area contributed by atoms with Crippen LogP contribution in [-0.4, -0.2) is 32.1 Å². The van der Waals surface area contributed by atoms with Gasteiger partial charge in [-0.25, -0.2) is 0 Å². The molecule has 1 N–H and O–H groups in total. The highest BCUT2D eigenvalue weighted by atomic mass is 16.5. The van der Waals surface area contributed by atoms with Crippen LogP contribution in [0, 0.1) is 6.92 Å². The van der Waals surface area contributed by atoms with Crippen molar-refractivity contribution in [2.75, 3.05) is 30.5 Å². The third kappa shape index (κ3) is 4.96. The van der Waals surface area contributed by atoms with Gasteiger partial charge in [-0.1, -0.05) is 6.07 Å². The first-order chi connectivity index (χ1) is 14.0. The Labute approximate surface area is 171 Å². The highest BCUT2D eigenvalue weighted by molar-refractivity contribution is 6.02. The lowest BCUT2D eigenvalue weighted by Crippen LogP contribution is -2.24. The van der Waals surface area contributed by atoms with E-state index >= 15 is 0 Å². The molecule has 0 atom stereocenters. The van der Waals surface area contributed by atoms with E-state index in [9.17, 15) is 9.59 Å². The summed E-state index contributed by atoms with van der Waals surface area (Å²) in [5.41, 5.74) is 3.39. The third-order valence-electron chi connectivity index (χ3n) is 4.74. The lowest BCUT2D eigenvalue weighted by Gasteiger charge is -2.19. The number of hydrogen-bond acceptors (Lipinski definition) is 4. The van der Waals surface area contributed by atoms with Crippen LogP contribution in [0.15, 0.2) is 42.5 Å². The predicted octanol–water partition coefficient (Wildman–Crippen LogP) is 4.18. The summed E-state index contributed by atoms with van der Waals surface area (Å²) in [6.07, 6.45) is 4.68. The van der Waals surface area contributed by atoms with Crippen LogP contribution in [0.2, 0.25) is 0 Å². The van der Waals surface area contributed by atoms with Crippen LogP contribution in [0.4, 0.5) is 11.4 Å². The summed E-state index contributed by atoms with van der Waals surface area (Å²) in [4.78, 5) is 26.0. The molecule has 6 nitrogen and oxygen atoms in total. The molecule has 0 bridgehead atoms. The summed E-state index contributed by atoms with van der Waals surface area (Å²) < 4.78 is 10.8. The molecule has 1 heterocycles. The highest BCUT2D eigenvalue weighted by Gasteiger charge is 2.22. The van der Waals surface area contributed by atoms with E-state index in [1.54, 1.807) is 18.1 Å². The summed E-state index contributed by atoms with van der Waals surface area (Å²) in [6, 6.07) is 11.1. The average Bonchev–Trinajstić information content (AvgIpc) is 3.13. The summed E-state index contributed by atoms with van der Waals surface area (Å²) in [5.74, 6) is 1.21. The maximum atomic E-state index is 12.3. The smallest absolute Gasteiger partial charge is 0.248 e. The van der Waals surface area contributed by atoms with Crippen LogP contribution in [0.25, 0.3) is 6.08 Å². The van der Waals surface area contributed by atoms with E-state index in [1.165, 1.54) is 6.08 Å². The predicted molar refractivity (Wildman–Crippen MR) is 115 cm³/mol. The van der Waals surface area contributed by atoms with Crippen molar-refractivity contribution >= 4 is 29.3 Å². The van der Waals surface area contributed by atoms with Crippen molar-refractivity contribution in [3.63, 3.8) is 0 Å². The number of carbonyl (C=O) groups is 2. The molecule has 0 radical (unpaired) electrons. The minimum absolute atomic E-state index is 0.151. The Kier molecular flexibility index (Phi) is 6.54. The second kappa shape index (κ2) is 9.28.